The first-order valence-electron chi connectivity index (χ1n) is 8.05. The first-order valence-corrected chi connectivity index (χ1v) is 8.05. The minimum absolute atomic E-state index is 0.152. The summed E-state index contributed by atoms with van der Waals surface area (Å²) < 4.78 is 12.4. The SMILES string of the molecule is COc1ccc(C(=O)NCCc2cn3cc(C)ccc3n2)cc1OC. The lowest BCUT2D eigenvalue weighted by atomic mass is 10.2. The summed E-state index contributed by atoms with van der Waals surface area (Å²) in [6.45, 7) is 2.55. The number of nitrogens with one attached hydrogen (secondary N) is 1. The highest BCUT2D eigenvalue weighted by Gasteiger charge is 2.10. The fourth-order valence-corrected chi connectivity index (χ4v) is 2.66. The first-order chi connectivity index (χ1) is 12.1. The molecular weight excluding hydrogens is 318 g/mol. The molecule has 0 saturated carbocycles. The van der Waals surface area contributed by atoms with E-state index in [0.29, 0.717) is 30.0 Å². The number of nitrogens with zero attached hydrogens (tertiary/aromatic N) is 2. The van der Waals surface area contributed by atoms with Gasteiger partial charge in [0.25, 0.3) is 5.91 Å². The van der Waals surface area contributed by atoms with E-state index in [0.717, 1.165) is 11.3 Å². The van der Waals surface area contributed by atoms with E-state index in [1.165, 1.54) is 5.56 Å². The molecule has 6 heteroatoms. The van der Waals surface area contributed by atoms with Crippen molar-refractivity contribution in [2.24, 2.45) is 0 Å². The topological polar surface area (TPSA) is 64.9 Å². The van der Waals surface area contributed by atoms with Gasteiger partial charge in [-0.2, -0.15) is 0 Å². The van der Waals surface area contributed by atoms with Crippen LogP contribution in [0.4, 0.5) is 0 Å². The normalized spacial score (nSPS) is 10.7. The molecule has 0 radical (unpaired) electrons. The minimum atomic E-state index is -0.152. The number of carbonyl (C=O) groups is 1. The Balaban J connectivity index is 1.62. The van der Waals surface area contributed by atoms with Gasteiger partial charge in [0.1, 0.15) is 5.65 Å². The minimum Gasteiger partial charge on any atom is -0.493 e. The predicted octanol–water partition coefficient (Wildman–Crippen LogP) is 2.63. The van der Waals surface area contributed by atoms with Gasteiger partial charge in [-0.15, -0.1) is 0 Å². The van der Waals surface area contributed by atoms with Gasteiger partial charge in [-0.3, -0.25) is 4.79 Å². The summed E-state index contributed by atoms with van der Waals surface area (Å²) in [7, 11) is 3.11. The van der Waals surface area contributed by atoms with Gasteiger partial charge in [0.2, 0.25) is 0 Å². The summed E-state index contributed by atoms with van der Waals surface area (Å²) in [4.78, 5) is 16.8. The molecule has 0 unspecified atom stereocenters. The predicted molar refractivity (Wildman–Crippen MR) is 95.5 cm³/mol. The monoisotopic (exact) mass is 339 g/mol. The zero-order valence-corrected chi connectivity index (χ0v) is 14.6. The summed E-state index contributed by atoms with van der Waals surface area (Å²) in [5.41, 5.74) is 3.56. The molecule has 0 spiro atoms. The van der Waals surface area contributed by atoms with Gasteiger partial charge in [-0.25, -0.2) is 4.98 Å². The van der Waals surface area contributed by atoms with E-state index in [2.05, 4.69) is 10.3 Å². The third kappa shape index (κ3) is 3.74. The number of hydrogen-bond acceptors (Lipinski definition) is 4. The van der Waals surface area contributed by atoms with Crippen molar-refractivity contribution >= 4 is 11.6 Å². The third-order valence-electron chi connectivity index (χ3n) is 3.96. The van der Waals surface area contributed by atoms with Crippen molar-refractivity contribution in [3.8, 4) is 11.5 Å². The Labute approximate surface area is 146 Å². The standard InChI is InChI=1S/C19H21N3O3/c1-13-4-7-18-21-15(12-22(18)11-13)8-9-20-19(23)14-5-6-16(24-2)17(10-14)25-3/h4-7,10-12H,8-9H2,1-3H3,(H,20,23). The second-order valence-electron chi connectivity index (χ2n) is 5.78. The van der Waals surface area contributed by atoms with Crippen molar-refractivity contribution < 1.29 is 14.3 Å². The highest BCUT2D eigenvalue weighted by Crippen LogP contribution is 2.27. The molecule has 1 N–H and O–H groups in total. The van der Waals surface area contributed by atoms with Gasteiger partial charge in [0.15, 0.2) is 11.5 Å². The van der Waals surface area contributed by atoms with Crippen LogP contribution in [0, 0.1) is 6.92 Å². The summed E-state index contributed by atoms with van der Waals surface area (Å²) in [5.74, 6) is 0.977. The number of rotatable bonds is 6. The third-order valence-corrected chi connectivity index (χ3v) is 3.96. The maximum atomic E-state index is 12.3. The largest absolute Gasteiger partial charge is 0.493 e. The maximum absolute atomic E-state index is 12.3. The number of carbonyl (C=O) groups excluding carboxylic acids is 1. The average Bonchev–Trinajstić information content (AvgIpc) is 3.02. The maximum Gasteiger partial charge on any atom is 0.251 e. The zero-order valence-electron chi connectivity index (χ0n) is 14.6. The Morgan fingerprint density at radius 3 is 2.68 bits per heavy atom. The van der Waals surface area contributed by atoms with Crippen molar-refractivity contribution in [2.45, 2.75) is 13.3 Å². The molecule has 0 atom stereocenters. The summed E-state index contributed by atoms with van der Waals surface area (Å²) >= 11 is 0. The lowest BCUT2D eigenvalue weighted by Gasteiger charge is -2.09. The highest BCUT2D eigenvalue weighted by molar-refractivity contribution is 5.94. The number of aryl methyl sites for hydroxylation is 1. The molecule has 1 aromatic carbocycles. The lowest BCUT2D eigenvalue weighted by Crippen LogP contribution is -2.25. The number of methoxy groups -OCH3 is 2. The number of amides is 1. The molecule has 130 valence electrons. The van der Waals surface area contributed by atoms with Crippen LogP contribution >= 0.6 is 0 Å². The van der Waals surface area contributed by atoms with Crippen molar-refractivity contribution in [3.05, 3.63) is 59.5 Å². The van der Waals surface area contributed by atoms with Crippen LogP contribution in [0.2, 0.25) is 0 Å². The van der Waals surface area contributed by atoms with E-state index in [4.69, 9.17) is 9.47 Å². The van der Waals surface area contributed by atoms with E-state index in [9.17, 15) is 4.79 Å². The molecule has 2 aromatic heterocycles. The molecule has 0 aliphatic carbocycles. The molecule has 3 rings (SSSR count). The Bertz CT molecular complexity index is 902. The molecular formula is C19H21N3O3. The number of ether oxygens (including phenoxy) is 2. The van der Waals surface area contributed by atoms with Crippen LogP contribution in [0.5, 0.6) is 11.5 Å². The molecule has 0 aliphatic rings. The molecule has 6 nitrogen and oxygen atoms in total. The van der Waals surface area contributed by atoms with Crippen LogP contribution in [0.15, 0.2) is 42.7 Å². The molecule has 0 bridgehead atoms. The van der Waals surface area contributed by atoms with E-state index >= 15 is 0 Å². The second kappa shape index (κ2) is 7.25. The Kier molecular flexibility index (Phi) is 4.88. The van der Waals surface area contributed by atoms with Crippen LogP contribution in [0.3, 0.4) is 0 Å². The zero-order chi connectivity index (χ0) is 17.8. The molecule has 25 heavy (non-hydrogen) atoms. The second-order valence-corrected chi connectivity index (χ2v) is 5.78. The number of fused-ring (bicyclic) bond motifs is 1. The summed E-state index contributed by atoms with van der Waals surface area (Å²) in [6.07, 6.45) is 4.69. The van der Waals surface area contributed by atoms with E-state index in [1.54, 1.807) is 32.4 Å². The Hall–Kier alpha value is -3.02. The van der Waals surface area contributed by atoms with Crippen molar-refractivity contribution in [2.75, 3.05) is 20.8 Å². The van der Waals surface area contributed by atoms with Gasteiger partial charge >= 0.3 is 0 Å². The molecule has 0 aliphatic heterocycles. The quantitative estimate of drug-likeness (QED) is 0.750. The van der Waals surface area contributed by atoms with Gasteiger partial charge in [0.05, 0.1) is 19.9 Å². The van der Waals surface area contributed by atoms with E-state index < -0.39 is 0 Å². The van der Waals surface area contributed by atoms with Crippen molar-refractivity contribution in [3.63, 3.8) is 0 Å². The molecule has 2 heterocycles. The van der Waals surface area contributed by atoms with Gasteiger partial charge in [-0.05, 0) is 36.8 Å². The molecule has 1 amide bonds. The lowest BCUT2D eigenvalue weighted by molar-refractivity contribution is 0.0953. The number of hydrogen-bond donors (Lipinski definition) is 1. The number of pyridine rings is 1. The summed E-state index contributed by atoms with van der Waals surface area (Å²) in [5, 5.41) is 2.91. The Morgan fingerprint density at radius 2 is 1.92 bits per heavy atom. The van der Waals surface area contributed by atoms with Crippen LogP contribution in [0.25, 0.3) is 5.65 Å². The fraction of sp³-hybridized carbons (Fsp3) is 0.263. The van der Waals surface area contributed by atoms with E-state index in [1.807, 2.05) is 35.9 Å². The Morgan fingerprint density at radius 1 is 1.12 bits per heavy atom. The van der Waals surface area contributed by atoms with Gasteiger partial charge in [0, 0.05) is 30.9 Å². The number of imidazole rings is 1. The molecule has 0 fully saturated rings. The van der Waals surface area contributed by atoms with E-state index in [-0.39, 0.29) is 5.91 Å². The van der Waals surface area contributed by atoms with Gasteiger partial charge in [-0.1, -0.05) is 6.07 Å². The highest BCUT2D eigenvalue weighted by atomic mass is 16.5. The average molecular weight is 339 g/mol. The van der Waals surface area contributed by atoms with Crippen LogP contribution in [-0.4, -0.2) is 36.1 Å². The van der Waals surface area contributed by atoms with Crippen LogP contribution in [0.1, 0.15) is 21.6 Å². The van der Waals surface area contributed by atoms with Gasteiger partial charge < -0.3 is 19.2 Å². The molecule has 0 saturated heterocycles. The first kappa shape index (κ1) is 16.8. The smallest absolute Gasteiger partial charge is 0.251 e. The van der Waals surface area contributed by atoms with Crippen LogP contribution in [-0.2, 0) is 6.42 Å². The van der Waals surface area contributed by atoms with Crippen molar-refractivity contribution in [1.82, 2.24) is 14.7 Å². The number of aromatic nitrogens is 2. The summed E-state index contributed by atoms with van der Waals surface area (Å²) in [6, 6.07) is 9.12. The number of benzene rings is 1. The van der Waals surface area contributed by atoms with Crippen molar-refractivity contribution in [1.29, 1.82) is 0 Å². The fourth-order valence-electron chi connectivity index (χ4n) is 2.66. The molecule has 3 aromatic rings. The van der Waals surface area contributed by atoms with Crippen LogP contribution < -0.4 is 14.8 Å².